The Hall–Kier alpha value is -3.44. The van der Waals surface area contributed by atoms with E-state index in [4.69, 9.17) is 9.47 Å². The number of carbonyl (C=O) groups excluding carboxylic acids is 2. The molecule has 0 aromatic rings. The lowest BCUT2D eigenvalue weighted by molar-refractivity contribution is -0.161. The summed E-state index contributed by atoms with van der Waals surface area (Å²) >= 11 is 0. The molecule has 0 saturated carbocycles. The smallest absolute Gasteiger partial charge is 0.306 e. The molecular weight excluding hydrogens is 753 g/mol. The van der Waals surface area contributed by atoms with Gasteiger partial charge < -0.3 is 14.6 Å². The molecule has 0 aliphatic heterocycles. The predicted octanol–water partition coefficient (Wildman–Crippen LogP) is 16.6. The van der Waals surface area contributed by atoms with Crippen LogP contribution in [0.4, 0.5) is 0 Å². The summed E-state index contributed by atoms with van der Waals surface area (Å²) < 4.78 is 10.6. The molecule has 0 saturated heterocycles. The number of allylic oxidation sites excluding steroid dienone is 18. The summed E-state index contributed by atoms with van der Waals surface area (Å²) in [6.07, 6.45) is 73.2. The van der Waals surface area contributed by atoms with Gasteiger partial charge in [0.25, 0.3) is 0 Å². The number of hydrogen-bond donors (Lipinski definition) is 1. The fraction of sp³-hybridized carbons (Fsp3) is 0.643. The SMILES string of the molecule is CC/C=C\C/C=C\C/C=C\C/C=C\C/C=C\C/C=C\C/C=C\CCCCCCCCCCCCCC(=O)OC(CO)COC(=O)CCCCCCC/C=C\C/C=C\CCCC. The van der Waals surface area contributed by atoms with Crippen molar-refractivity contribution in [1.29, 1.82) is 0 Å². The van der Waals surface area contributed by atoms with Crippen molar-refractivity contribution in [2.45, 2.75) is 219 Å². The minimum Gasteiger partial charge on any atom is -0.462 e. The average Bonchev–Trinajstić information content (AvgIpc) is 3.26. The maximum atomic E-state index is 12.3. The zero-order valence-electron chi connectivity index (χ0n) is 39.4. The lowest BCUT2D eigenvalue weighted by Gasteiger charge is -2.15. The summed E-state index contributed by atoms with van der Waals surface area (Å²) in [5.74, 6) is -0.616. The lowest BCUT2D eigenvalue weighted by atomic mass is 10.0. The van der Waals surface area contributed by atoms with Crippen molar-refractivity contribution in [3.05, 3.63) is 109 Å². The first kappa shape index (κ1) is 57.6. The van der Waals surface area contributed by atoms with Crippen LogP contribution in [-0.2, 0) is 19.1 Å². The van der Waals surface area contributed by atoms with E-state index in [1.807, 2.05) is 0 Å². The molecule has 0 aromatic carbocycles. The fourth-order valence-corrected chi connectivity index (χ4v) is 6.55. The predicted molar refractivity (Wildman–Crippen MR) is 265 cm³/mol. The van der Waals surface area contributed by atoms with Crippen LogP contribution in [0.25, 0.3) is 0 Å². The molecule has 346 valence electrons. The Balaban J connectivity index is 3.57. The third kappa shape index (κ3) is 49.1. The van der Waals surface area contributed by atoms with E-state index in [1.54, 1.807) is 0 Å². The average molecular weight is 845 g/mol. The Morgan fingerprint density at radius 1 is 0.393 bits per heavy atom. The summed E-state index contributed by atoms with van der Waals surface area (Å²) in [5, 5.41) is 9.60. The summed E-state index contributed by atoms with van der Waals surface area (Å²) in [7, 11) is 0. The van der Waals surface area contributed by atoms with E-state index in [9.17, 15) is 14.7 Å². The first-order chi connectivity index (χ1) is 30.1. The van der Waals surface area contributed by atoms with Crippen molar-refractivity contribution in [1.82, 2.24) is 0 Å². The van der Waals surface area contributed by atoms with Gasteiger partial charge in [-0.25, -0.2) is 0 Å². The Morgan fingerprint density at radius 3 is 1.07 bits per heavy atom. The van der Waals surface area contributed by atoms with Crippen LogP contribution in [0.1, 0.15) is 213 Å². The molecule has 61 heavy (non-hydrogen) atoms. The first-order valence-corrected chi connectivity index (χ1v) is 24.9. The Bertz CT molecular complexity index is 1230. The largest absolute Gasteiger partial charge is 0.462 e. The van der Waals surface area contributed by atoms with Crippen LogP contribution in [0.2, 0.25) is 0 Å². The Labute approximate surface area is 376 Å². The van der Waals surface area contributed by atoms with Crippen LogP contribution in [0, 0.1) is 0 Å². The minimum atomic E-state index is -0.785. The maximum absolute atomic E-state index is 12.3. The van der Waals surface area contributed by atoms with Crippen LogP contribution in [-0.4, -0.2) is 36.4 Å². The van der Waals surface area contributed by atoms with Crippen molar-refractivity contribution in [3.8, 4) is 0 Å². The van der Waals surface area contributed by atoms with Gasteiger partial charge in [-0.3, -0.25) is 9.59 Å². The highest BCUT2D eigenvalue weighted by Gasteiger charge is 2.16. The van der Waals surface area contributed by atoms with Gasteiger partial charge in [-0.1, -0.05) is 213 Å². The number of aliphatic hydroxyl groups excluding tert-OH is 1. The van der Waals surface area contributed by atoms with E-state index in [2.05, 4.69) is 123 Å². The molecule has 0 spiro atoms. The van der Waals surface area contributed by atoms with Gasteiger partial charge in [0.1, 0.15) is 6.61 Å². The highest BCUT2D eigenvalue weighted by Crippen LogP contribution is 2.14. The third-order valence-electron chi connectivity index (χ3n) is 10.3. The molecule has 0 rings (SSSR count). The topological polar surface area (TPSA) is 72.8 Å². The third-order valence-corrected chi connectivity index (χ3v) is 10.3. The van der Waals surface area contributed by atoms with Crippen molar-refractivity contribution < 1.29 is 24.2 Å². The second-order valence-corrected chi connectivity index (χ2v) is 16.2. The van der Waals surface area contributed by atoms with Gasteiger partial charge in [0, 0.05) is 12.8 Å². The molecule has 1 unspecified atom stereocenters. The van der Waals surface area contributed by atoms with Crippen molar-refractivity contribution in [2.75, 3.05) is 13.2 Å². The molecule has 5 heteroatoms. The standard InChI is InChI=1S/C56H92O5/c1-3-5-7-9-11-13-15-17-19-20-21-22-23-24-25-26-27-28-29-30-31-32-33-34-35-36-37-39-41-43-45-47-49-51-56(59)61-54(52-57)53-60-55(58)50-48-46-44-42-40-38-18-16-14-12-10-8-6-4-2/h5,7,10-13,16-19,21-22,24-25,27-28,30-31,54,57H,3-4,6,8-9,14-15,20,23,26,29,32-53H2,1-2H3/b7-5-,12-10-,13-11-,18-16-,19-17-,22-21-,25-24-,28-27-,31-30-. The molecule has 0 aromatic heterocycles. The zero-order chi connectivity index (χ0) is 44.2. The number of carbonyl (C=O) groups is 2. The molecule has 1 atom stereocenters. The maximum Gasteiger partial charge on any atom is 0.306 e. The minimum absolute atomic E-state index is 0.0794. The number of ether oxygens (including phenoxy) is 2. The normalized spacial score (nSPS) is 13.2. The van der Waals surface area contributed by atoms with Gasteiger partial charge in [0.2, 0.25) is 0 Å². The van der Waals surface area contributed by atoms with Gasteiger partial charge >= 0.3 is 11.9 Å². The molecule has 0 radical (unpaired) electrons. The molecule has 5 nitrogen and oxygen atoms in total. The highest BCUT2D eigenvalue weighted by molar-refractivity contribution is 5.70. The van der Waals surface area contributed by atoms with E-state index >= 15 is 0 Å². The number of unbranched alkanes of at least 4 members (excludes halogenated alkanes) is 18. The molecule has 0 heterocycles. The molecular formula is C56H92O5. The molecule has 1 N–H and O–H groups in total. The van der Waals surface area contributed by atoms with Gasteiger partial charge in [-0.05, 0) is 96.3 Å². The van der Waals surface area contributed by atoms with Gasteiger partial charge in [0.05, 0.1) is 6.61 Å². The summed E-state index contributed by atoms with van der Waals surface area (Å²) in [6, 6.07) is 0. The van der Waals surface area contributed by atoms with E-state index in [-0.39, 0.29) is 25.2 Å². The number of hydrogen-bond acceptors (Lipinski definition) is 5. The van der Waals surface area contributed by atoms with Crippen LogP contribution in [0.5, 0.6) is 0 Å². The number of esters is 2. The van der Waals surface area contributed by atoms with Crippen LogP contribution >= 0.6 is 0 Å². The number of rotatable bonds is 44. The first-order valence-electron chi connectivity index (χ1n) is 24.9. The van der Waals surface area contributed by atoms with Gasteiger partial charge in [0.15, 0.2) is 6.10 Å². The van der Waals surface area contributed by atoms with Gasteiger partial charge in [-0.2, -0.15) is 0 Å². The highest BCUT2D eigenvalue weighted by atomic mass is 16.6. The van der Waals surface area contributed by atoms with Crippen LogP contribution in [0.3, 0.4) is 0 Å². The van der Waals surface area contributed by atoms with E-state index in [0.29, 0.717) is 12.8 Å². The van der Waals surface area contributed by atoms with Gasteiger partial charge in [-0.15, -0.1) is 0 Å². The van der Waals surface area contributed by atoms with Crippen molar-refractivity contribution in [3.63, 3.8) is 0 Å². The van der Waals surface area contributed by atoms with Crippen molar-refractivity contribution in [2.24, 2.45) is 0 Å². The molecule has 0 amide bonds. The van der Waals surface area contributed by atoms with E-state index < -0.39 is 6.10 Å². The molecule has 0 aliphatic carbocycles. The zero-order valence-corrected chi connectivity index (χ0v) is 39.4. The second kappa shape index (κ2) is 50.9. The fourth-order valence-electron chi connectivity index (χ4n) is 6.55. The van der Waals surface area contributed by atoms with E-state index in [0.717, 1.165) is 96.3 Å². The Morgan fingerprint density at radius 2 is 0.705 bits per heavy atom. The monoisotopic (exact) mass is 845 g/mol. The molecule has 0 fully saturated rings. The van der Waals surface area contributed by atoms with E-state index in [1.165, 1.54) is 89.9 Å². The quantitative estimate of drug-likeness (QED) is 0.0376. The van der Waals surface area contributed by atoms with Crippen LogP contribution < -0.4 is 0 Å². The van der Waals surface area contributed by atoms with Crippen LogP contribution in [0.15, 0.2) is 109 Å². The molecule has 0 bridgehead atoms. The van der Waals surface area contributed by atoms with Crippen molar-refractivity contribution >= 4 is 11.9 Å². The number of aliphatic hydroxyl groups is 1. The Kier molecular flexibility index (Phi) is 48.0. The summed E-state index contributed by atoms with van der Waals surface area (Å²) in [6.45, 7) is 3.96. The summed E-state index contributed by atoms with van der Waals surface area (Å²) in [5.41, 5.74) is 0. The molecule has 0 aliphatic rings. The lowest BCUT2D eigenvalue weighted by Crippen LogP contribution is -2.28. The summed E-state index contributed by atoms with van der Waals surface area (Å²) in [4.78, 5) is 24.4. The second-order valence-electron chi connectivity index (χ2n) is 16.2.